The van der Waals surface area contributed by atoms with Gasteiger partial charge in [0.2, 0.25) is 0 Å². The van der Waals surface area contributed by atoms with Gasteiger partial charge in [0.05, 0.1) is 5.75 Å². The zero-order valence-corrected chi connectivity index (χ0v) is 21.4. The molecule has 0 fully saturated rings. The van der Waals surface area contributed by atoms with Crippen LogP contribution in [0.1, 0.15) is 126 Å². The van der Waals surface area contributed by atoms with E-state index >= 15 is 0 Å². The Morgan fingerprint density at radius 3 is 1.63 bits per heavy atom. The molecule has 0 N–H and O–H groups in total. The van der Waals surface area contributed by atoms with Gasteiger partial charge in [0.25, 0.3) is 0 Å². The molecule has 30 heavy (non-hydrogen) atoms. The third kappa shape index (κ3) is 15.4. The third-order valence-electron chi connectivity index (χ3n) is 5.80. The Morgan fingerprint density at radius 1 is 0.667 bits per heavy atom. The first-order valence-corrected chi connectivity index (χ1v) is 15.1. The summed E-state index contributed by atoms with van der Waals surface area (Å²) in [6.45, 7) is 4.31. The molecule has 3 heteroatoms. The van der Waals surface area contributed by atoms with Crippen molar-refractivity contribution in [2.45, 2.75) is 117 Å². The van der Waals surface area contributed by atoms with Crippen molar-refractivity contribution < 1.29 is 4.79 Å². The van der Waals surface area contributed by atoms with Gasteiger partial charge in [0.1, 0.15) is 0 Å². The van der Waals surface area contributed by atoms with Crippen LogP contribution in [0.2, 0.25) is 0 Å². The van der Waals surface area contributed by atoms with E-state index in [-0.39, 0.29) is 5.78 Å². The van der Waals surface area contributed by atoms with Crippen LogP contribution in [0, 0.1) is 6.92 Å². The number of unbranched alkanes of at least 4 members (excludes halogenated alkanes) is 15. The molecular weight excluding hydrogens is 404 g/mol. The van der Waals surface area contributed by atoms with Crippen LogP contribution in [0.15, 0.2) is 24.3 Å². The van der Waals surface area contributed by atoms with Crippen LogP contribution in [0.4, 0.5) is 0 Å². The number of aryl methyl sites for hydroxylation is 1. The Hall–Kier alpha value is -0.410. The van der Waals surface area contributed by atoms with E-state index in [2.05, 4.69) is 6.92 Å². The van der Waals surface area contributed by atoms with Crippen molar-refractivity contribution >= 4 is 27.4 Å². The standard InChI is InChI=1S/C27H46OS2/c1-3-4-5-6-7-8-9-10-11-12-13-14-15-16-17-20-23-29-30-24-27(28)26-22-19-18-21-25(26)2/h18-19,21-22H,3-17,20,23-24H2,1-2H3. The summed E-state index contributed by atoms with van der Waals surface area (Å²) in [4.78, 5) is 12.2. The van der Waals surface area contributed by atoms with Crippen LogP contribution in [-0.2, 0) is 0 Å². The Morgan fingerprint density at radius 2 is 1.13 bits per heavy atom. The highest BCUT2D eigenvalue weighted by molar-refractivity contribution is 8.76. The minimum absolute atomic E-state index is 0.262. The number of ketones is 1. The lowest BCUT2D eigenvalue weighted by molar-refractivity contribution is 0.102. The van der Waals surface area contributed by atoms with Crippen molar-refractivity contribution in [1.82, 2.24) is 0 Å². The Labute approximate surface area is 195 Å². The van der Waals surface area contributed by atoms with Crippen LogP contribution in [0.5, 0.6) is 0 Å². The van der Waals surface area contributed by atoms with Crippen LogP contribution >= 0.6 is 21.6 Å². The Bertz CT molecular complexity index is 529. The average molecular weight is 451 g/mol. The molecule has 1 nitrogen and oxygen atoms in total. The minimum Gasteiger partial charge on any atom is -0.293 e. The maximum Gasteiger partial charge on any atom is 0.173 e. The molecule has 0 aliphatic heterocycles. The second-order valence-electron chi connectivity index (χ2n) is 8.63. The fourth-order valence-electron chi connectivity index (χ4n) is 3.83. The van der Waals surface area contributed by atoms with Gasteiger partial charge in [0, 0.05) is 11.3 Å². The van der Waals surface area contributed by atoms with Gasteiger partial charge in [-0.1, -0.05) is 149 Å². The van der Waals surface area contributed by atoms with Crippen LogP contribution in [-0.4, -0.2) is 17.3 Å². The summed E-state index contributed by atoms with van der Waals surface area (Å²) in [5.41, 5.74) is 1.97. The molecule has 0 unspecified atom stereocenters. The summed E-state index contributed by atoms with van der Waals surface area (Å²) in [5, 5.41) is 0. The normalized spacial score (nSPS) is 11.1. The summed E-state index contributed by atoms with van der Waals surface area (Å²) < 4.78 is 0. The minimum atomic E-state index is 0.262. The maximum atomic E-state index is 12.2. The number of hydrogen-bond donors (Lipinski definition) is 0. The number of carbonyl (C=O) groups is 1. The lowest BCUT2D eigenvalue weighted by atomic mass is 10.0. The molecular formula is C27H46OS2. The Balaban J connectivity index is 1.77. The molecule has 0 heterocycles. The van der Waals surface area contributed by atoms with Gasteiger partial charge in [0.15, 0.2) is 5.78 Å². The highest BCUT2D eigenvalue weighted by Crippen LogP contribution is 2.25. The predicted octanol–water partition coefficient (Wildman–Crippen LogP) is 9.82. The highest BCUT2D eigenvalue weighted by Gasteiger charge is 2.08. The van der Waals surface area contributed by atoms with E-state index in [0.717, 1.165) is 11.1 Å². The first kappa shape index (κ1) is 27.6. The van der Waals surface area contributed by atoms with Gasteiger partial charge >= 0.3 is 0 Å². The average Bonchev–Trinajstić information content (AvgIpc) is 2.75. The quantitative estimate of drug-likeness (QED) is 0.105. The molecule has 1 aromatic rings. The Kier molecular flexibility index (Phi) is 18.9. The predicted molar refractivity (Wildman–Crippen MR) is 140 cm³/mol. The zero-order chi connectivity index (χ0) is 21.7. The number of benzene rings is 1. The van der Waals surface area contributed by atoms with Crippen LogP contribution < -0.4 is 0 Å². The molecule has 0 aliphatic carbocycles. The summed E-state index contributed by atoms with van der Waals surface area (Å²) in [5.74, 6) is 2.02. The molecule has 172 valence electrons. The van der Waals surface area contributed by atoms with E-state index in [1.54, 1.807) is 10.8 Å². The molecule has 0 bridgehead atoms. The maximum absolute atomic E-state index is 12.2. The first-order chi connectivity index (χ1) is 14.8. The lowest BCUT2D eigenvalue weighted by Gasteiger charge is -2.05. The molecule has 0 aromatic heterocycles. The van der Waals surface area contributed by atoms with Gasteiger partial charge in [-0.2, -0.15) is 0 Å². The molecule has 0 saturated carbocycles. The molecule has 0 radical (unpaired) electrons. The fraction of sp³-hybridized carbons (Fsp3) is 0.741. The number of rotatable bonds is 21. The highest BCUT2D eigenvalue weighted by atomic mass is 33.1. The number of Topliss-reactive ketones (excluding diaryl/α,β-unsaturated/α-hetero) is 1. The summed E-state index contributed by atoms with van der Waals surface area (Å²) in [6, 6.07) is 7.90. The van der Waals surface area contributed by atoms with Gasteiger partial charge < -0.3 is 0 Å². The monoisotopic (exact) mass is 450 g/mol. The van der Waals surface area contributed by atoms with Crippen molar-refractivity contribution in [3.8, 4) is 0 Å². The van der Waals surface area contributed by atoms with Crippen LogP contribution in [0.25, 0.3) is 0 Å². The van der Waals surface area contributed by atoms with Gasteiger partial charge in [-0.15, -0.1) is 0 Å². The lowest BCUT2D eigenvalue weighted by Crippen LogP contribution is -2.03. The molecule has 0 spiro atoms. The van der Waals surface area contributed by atoms with Crippen molar-refractivity contribution in [3.05, 3.63) is 35.4 Å². The molecule has 0 aliphatic rings. The van der Waals surface area contributed by atoms with E-state index in [1.165, 1.54) is 108 Å². The smallest absolute Gasteiger partial charge is 0.173 e. The van der Waals surface area contributed by atoms with Crippen molar-refractivity contribution in [1.29, 1.82) is 0 Å². The summed E-state index contributed by atoms with van der Waals surface area (Å²) in [7, 11) is 3.58. The zero-order valence-electron chi connectivity index (χ0n) is 19.8. The molecule has 1 rings (SSSR count). The molecule has 0 saturated heterocycles. The fourth-order valence-corrected chi connectivity index (χ4v) is 5.89. The summed E-state index contributed by atoms with van der Waals surface area (Å²) >= 11 is 0. The second-order valence-corrected chi connectivity index (χ2v) is 11.2. The second kappa shape index (κ2) is 20.5. The van der Waals surface area contributed by atoms with E-state index in [1.807, 2.05) is 42.0 Å². The molecule has 0 atom stereocenters. The van der Waals surface area contributed by atoms with E-state index in [0.29, 0.717) is 5.75 Å². The number of carbonyl (C=O) groups excluding carboxylic acids is 1. The molecule has 0 amide bonds. The van der Waals surface area contributed by atoms with Crippen molar-refractivity contribution in [2.24, 2.45) is 0 Å². The third-order valence-corrected chi connectivity index (χ3v) is 8.16. The van der Waals surface area contributed by atoms with Gasteiger partial charge in [-0.05, 0) is 18.9 Å². The van der Waals surface area contributed by atoms with E-state index in [9.17, 15) is 4.79 Å². The summed E-state index contributed by atoms with van der Waals surface area (Å²) in [6.07, 6.45) is 22.7. The topological polar surface area (TPSA) is 17.1 Å². The van der Waals surface area contributed by atoms with Crippen LogP contribution in [0.3, 0.4) is 0 Å². The van der Waals surface area contributed by atoms with Crippen molar-refractivity contribution in [3.63, 3.8) is 0 Å². The van der Waals surface area contributed by atoms with E-state index < -0.39 is 0 Å². The van der Waals surface area contributed by atoms with E-state index in [4.69, 9.17) is 0 Å². The van der Waals surface area contributed by atoms with Crippen molar-refractivity contribution in [2.75, 3.05) is 11.5 Å². The first-order valence-electron chi connectivity index (χ1n) is 12.6. The molecule has 1 aromatic carbocycles. The van der Waals surface area contributed by atoms with Gasteiger partial charge in [-0.3, -0.25) is 4.79 Å². The number of hydrogen-bond acceptors (Lipinski definition) is 3. The SMILES string of the molecule is CCCCCCCCCCCCCCCCCCSSCC(=O)c1ccccc1C. The largest absolute Gasteiger partial charge is 0.293 e. The van der Waals surface area contributed by atoms with Gasteiger partial charge in [-0.25, -0.2) is 0 Å².